The van der Waals surface area contributed by atoms with Crippen LogP contribution in [0.4, 0.5) is 0 Å². The fourth-order valence-corrected chi connectivity index (χ4v) is 4.32. The van der Waals surface area contributed by atoms with Crippen LogP contribution < -0.4 is 0 Å². The van der Waals surface area contributed by atoms with Crippen molar-refractivity contribution in [3.05, 3.63) is 12.2 Å². The molecule has 27 heavy (non-hydrogen) atoms. The van der Waals surface area contributed by atoms with Gasteiger partial charge in [-0.1, -0.05) is 6.58 Å². The molecule has 2 aliphatic carbocycles. The van der Waals surface area contributed by atoms with Gasteiger partial charge < -0.3 is 18.9 Å². The highest BCUT2D eigenvalue weighted by Crippen LogP contribution is 2.51. The molecule has 0 amide bonds. The standard InChI is InChI=1S/C19H24O8/c1-10(2)16(21)24-9-15(20)25-11(3)17(22)27-19-6-12-4-13(7-19)18(23)26-14(5-12)8-19/h11-14H,1,4-9H2,2-3H3. The minimum Gasteiger partial charge on any atom is -0.462 e. The third-order valence-corrected chi connectivity index (χ3v) is 5.34. The van der Waals surface area contributed by atoms with E-state index >= 15 is 0 Å². The second kappa shape index (κ2) is 7.32. The first-order chi connectivity index (χ1) is 12.7. The summed E-state index contributed by atoms with van der Waals surface area (Å²) in [6.45, 7) is 5.65. The maximum Gasteiger partial charge on any atom is 0.347 e. The second-order valence-electron chi connectivity index (χ2n) is 7.80. The average molecular weight is 380 g/mol. The molecule has 4 bridgehead atoms. The number of carbonyl (C=O) groups is 4. The van der Waals surface area contributed by atoms with Crippen molar-refractivity contribution in [2.75, 3.05) is 6.61 Å². The molecule has 2 heterocycles. The Morgan fingerprint density at radius 3 is 2.70 bits per heavy atom. The molecule has 0 radical (unpaired) electrons. The topological polar surface area (TPSA) is 105 Å². The molecule has 5 atom stereocenters. The van der Waals surface area contributed by atoms with Gasteiger partial charge in [0.25, 0.3) is 0 Å². The number of carbonyl (C=O) groups excluding carboxylic acids is 4. The van der Waals surface area contributed by atoms with Gasteiger partial charge >= 0.3 is 23.9 Å². The molecule has 4 aliphatic rings. The van der Waals surface area contributed by atoms with Gasteiger partial charge in [-0.05, 0) is 39.0 Å². The Kier molecular flexibility index (Phi) is 5.26. The summed E-state index contributed by atoms with van der Waals surface area (Å²) in [5.41, 5.74) is -0.586. The lowest BCUT2D eigenvalue weighted by Crippen LogP contribution is -2.49. The molecule has 0 N–H and O–H groups in total. The summed E-state index contributed by atoms with van der Waals surface area (Å²) in [5, 5.41) is 0. The van der Waals surface area contributed by atoms with E-state index in [0.29, 0.717) is 25.2 Å². The highest BCUT2D eigenvalue weighted by Gasteiger charge is 2.55. The van der Waals surface area contributed by atoms with E-state index in [1.165, 1.54) is 13.8 Å². The fourth-order valence-electron chi connectivity index (χ4n) is 4.32. The largest absolute Gasteiger partial charge is 0.462 e. The fraction of sp³-hybridized carbons (Fsp3) is 0.684. The van der Waals surface area contributed by atoms with Gasteiger partial charge in [-0.2, -0.15) is 0 Å². The lowest BCUT2D eigenvalue weighted by atomic mass is 9.65. The Hall–Kier alpha value is -2.38. The molecule has 8 heteroatoms. The van der Waals surface area contributed by atoms with Crippen LogP contribution in [0.5, 0.6) is 0 Å². The minimum atomic E-state index is -1.15. The summed E-state index contributed by atoms with van der Waals surface area (Å²) >= 11 is 0. The summed E-state index contributed by atoms with van der Waals surface area (Å²) in [5.74, 6) is -2.40. The van der Waals surface area contributed by atoms with Crippen LogP contribution in [-0.4, -0.2) is 48.3 Å². The van der Waals surface area contributed by atoms with Gasteiger partial charge in [-0.25, -0.2) is 14.4 Å². The van der Waals surface area contributed by atoms with Crippen LogP contribution in [0.3, 0.4) is 0 Å². The monoisotopic (exact) mass is 380 g/mol. The molecule has 5 unspecified atom stereocenters. The Morgan fingerprint density at radius 2 is 2.00 bits per heavy atom. The zero-order chi connectivity index (χ0) is 19.8. The number of fused-ring (bicyclic) bond motifs is 1. The highest BCUT2D eigenvalue weighted by molar-refractivity contribution is 5.89. The smallest absolute Gasteiger partial charge is 0.347 e. The van der Waals surface area contributed by atoms with Gasteiger partial charge in [0.05, 0.1) is 5.92 Å². The molecule has 148 valence electrons. The van der Waals surface area contributed by atoms with E-state index < -0.39 is 36.2 Å². The van der Waals surface area contributed by atoms with E-state index in [9.17, 15) is 19.2 Å². The summed E-state index contributed by atoms with van der Waals surface area (Å²) in [6, 6.07) is 0. The van der Waals surface area contributed by atoms with E-state index in [2.05, 4.69) is 11.3 Å². The highest BCUT2D eigenvalue weighted by atomic mass is 16.6. The van der Waals surface area contributed by atoms with E-state index in [1.807, 2.05) is 0 Å². The number of hydrogen-bond donors (Lipinski definition) is 0. The van der Waals surface area contributed by atoms with Crippen LogP contribution in [0.2, 0.25) is 0 Å². The summed E-state index contributed by atoms with van der Waals surface area (Å²) in [6.07, 6.45) is 1.82. The average Bonchev–Trinajstić information content (AvgIpc) is 2.73. The van der Waals surface area contributed by atoms with E-state index in [1.54, 1.807) is 0 Å². The van der Waals surface area contributed by atoms with Gasteiger partial charge in [-0.3, -0.25) is 4.79 Å². The zero-order valence-corrected chi connectivity index (χ0v) is 15.5. The van der Waals surface area contributed by atoms with Crippen LogP contribution in [0.1, 0.15) is 46.0 Å². The molecule has 2 aliphatic heterocycles. The predicted molar refractivity (Wildman–Crippen MR) is 90.1 cm³/mol. The number of hydrogen-bond acceptors (Lipinski definition) is 8. The van der Waals surface area contributed by atoms with Crippen molar-refractivity contribution in [1.29, 1.82) is 0 Å². The SMILES string of the molecule is C=C(C)C(=O)OCC(=O)OC(C)C(=O)OC12CC3CC(C1)OC(=O)C(C3)C2. The van der Waals surface area contributed by atoms with Crippen LogP contribution in [-0.2, 0) is 38.1 Å². The molecule has 4 fully saturated rings. The molecular weight excluding hydrogens is 356 g/mol. The molecule has 0 aromatic heterocycles. The second-order valence-corrected chi connectivity index (χ2v) is 7.80. The minimum absolute atomic E-state index is 0.157. The number of esters is 4. The van der Waals surface area contributed by atoms with Crippen LogP contribution in [0.15, 0.2) is 12.2 Å². The Bertz CT molecular complexity index is 683. The van der Waals surface area contributed by atoms with Gasteiger partial charge in [0, 0.05) is 18.4 Å². The van der Waals surface area contributed by atoms with Crippen molar-refractivity contribution in [2.24, 2.45) is 11.8 Å². The Labute approximate surface area is 157 Å². The molecule has 0 aromatic carbocycles. The predicted octanol–water partition coefficient (Wildman–Crippen LogP) is 1.45. The first-order valence-corrected chi connectivity index (χ1v) is 9.13. The lowest BCUT2D eigenvalue weighted by Gasteiger charge is -2.45. The molecule has 2 saturated carbocycles. The van der Waals surface area contributed by atoms with Crippen molar-refractivity contribution in [3.63, 3.8) is 0 Å². The van der Waals surface area contributed by atoms with Crippen molar-refractivity contribution in [1.82, 2.24) is 0 Å². The molecule has 0 spiro atoms. The maximum atomic E-state index is 12.5. The molecule has 8 nitrogen and oxygen atoms in total. The third kappa shape index (κ3) is 4.31. The number of rotatable bonds is 6. The van der Waals surface area contributed by atoms with E-state index in [4.69, 9.17) is 14.2 Å². The van der Waals surface area contributed by atoms with Gasteiger partial charge in [-0.15, -0.1) is 0 Å². The van der Waals surface area contributed by atoms with Gasteiger partial charge in [0.2, 0.25) is 0 Å². The van der Waals surface area contributed by atoms with Crippen molar-refractivity contribution < 1.29 is 38.1 Å². The normalized spacial score (nSPS) is 32.1. The zero-order valence-electron chi connectivity index (χ0n) is 15.5. The third-order valence-electron chi connectivity index (χ3n) is 5.34. The first-order valence-electron chi connectivity index (χ1n) is 9.13. The van der Waals surface area contributed by atoms with E-state index in [-0.39, 0.29) is 23.6 Å². The van der Waals surface area contributed by atoms with Crippen molar-refractivity contribution in [3.8, 4) is 0 Å². The van der Waals surface area contributed by atoms with Crippen LogP contribution in [0, 0.1) is 11.8 Å². The number of ether oxygens (including phenoxy) is 4. The molecule has 0 aromatic rings. The molecule has 4 rings (SSSR count). The van der Waals surface area contributed by atoms with Gasteiger partial charge in [0.15, 0.2) is 12.7 Å². The maximum absolute atomic E-state index is 12.5. The van der Waals surface area contributed by atoms with Crippen LogP contribution in [0.25, 0.3) is 0 Å². The summed E-state index contributed by atoms with van der Waals surface area (Å²) < 4.78 is 20.9. The van der Waals surface area contributed by atoms with Crippen molar-refractivity contribution >= 4 is 23.9 Å². The Morgan fingerprint density at radius 1 is 1.26 bits per heavy atom. The Balaban J connectivity index is 1.55. The summed E-state index contributed by atoms with van der Waals surface area (Å²) in [7, 11) is 0. The molecular formula is C19H24O8. The van der Waals surface area contributed by atoms with Gasteiger partial charge in [0.1, 0.15) is 11.7 Å². The first kappa shape index (κ1) is 19.4. The summed E-state index contributed by atoms with van der Waals surface area (Å²) in [4.78, 5) is 47.5. The van der Waals surface area contributed by atoms with Crippen molar-refractivity contribution in [2.45, 2.75) is 63.8 Å². The van der Waals surface area contributed by atoms with Crippen LogP contribution >= 0.6 is 0 Å². The molecule has 2 saturated heterocycles. The van der Waals surface area contributed by atoms with E-state index in [0.717, 1.165) is 12.8 Å². The lowest BCUT2D eigenvalue weighted by molar-refractivity contribution is -0.189. The quantitative estimate of drug-likeness (QED) is 0.387.